The van der Waals surface area contributed by atoms with E-state index in [1.165, 1.54) is 0 Å². The number of aryl methyl sites for hydroxylation is 1. The highest BCUT2D eigenvalue weighted by Gasteiger charge is 2.35. The van der Waals surface area contributed by atoms with Crippen molar-refractivity contribution in [3.05, 3.63) is 156 Å². The zero-order chi connectivity index (χ0) is 37.1. The van der Waals surface area contributed by atoms with Crippen LogP contribution in [0.15, 0.2) is 139 Å². The predicted octanol–water partition coefficient (Wildman–Crippen LogP) is 11.5. The Balaban J connectivity index is 1.40. The maximum atomic E-state index is 9.87. The lowest BCUT2D eigenvalue weighted by atomic mass is 9.80. The first-order valence-electron chi connectivity index (χ1n) is 19.2. The van der Waals surface area contributed by atoms with E-state index in [1.54, 1.807) is 0 Å². The van der Waals surface area contributed by atoms with E-state index in [0.29, 0.717) is 22.3 Å². The van der Waals surface area contributed by atoms with Crippen molar-refractivity contribution in [2.45, 2.75) is 32.6 Å². The number of hydrogen-bond donors (Lipinski definition) is 0. The summed E-state index contributed by atoms with van der Waals surface area (Å²) < 4.78 is 65.6. The Morgan fingerprint density at radius 3 is 1.98 bits per heavy atom. The van der Waals surface area contributed by atoms with Gasteiger partial charge in [0.2, 0.25) is 0 Å². The third-order valence-corrected chi connectivity index (χ3v) is 9.54. The standard InChI is InChI=1S/C44H34N2/c1-4-41-45-38-22-12-14-24-40(38)46(41)39-23-13-10-20-35(39)43-33-18-7-5-16-31(33)42(32-17-6-8-19-34(32)43)28-25-26-30-29-15-9-11-21-36(29)44(2,3)37(30)27-28/h5-27H,4H2,1-3H3/i9D,11D,15D,21D,25D,26D,27D. The quantitative estimate of drug-likeness (QED) is 0.185. The van der Waals surface area contributed by atoms with E-state index in [0.717, 1.165) is 61.6 Å². The minimum absolute atomic E-state index is 0.0555. The monoisotopic (exact) mass is 597 g/mol. The van der Waals surface area contributed by atoms with Crippen molar-refractivity contribution in [1.29, 1.82) is 0 Å². The van der Waals surface area contributed by atoms with Gasteiger partial charge < -0.3 is 0 Å². The molecule has 1 heterocycles. The third kappa shape index (κ3) is 3.74. The van der Waals surface area contributed by atoms with Crippen molar-refractivity contribution in [3.8, 4) is 39.1 Å². The molecule has 46 heavy (non-hydrogen) atoms. The molecule has 1 aromatic heterocycles. The van der Waals surface area contributed by atoms with Crippen LogP contribution in [-0.2, 0) is 11.8 Å². The fourth-order valence-corrected chi connectivity index (χ4v) is 7.43. The number of aromatic nitrogens is 2. The molecule has 7 aromatic carbocycles. The molecule has 0 bridgehead atoms. The number of rotatable bonds is 4. The van der Waals surface area contributed by atoms with Crippen LogP contribution in [0.5, 0.6) is 0 Å². The fourth-order valence-electron chi connectivity index (χ4n) is 7.43. The summed E-state index contributed by atoms with van der Waals surface area (Å²) in [6.45, 7) is 5.81. The highest BCUT2D eigenvalue weighted by atomic mass is 15.1. The van der Waals surface area contributed by atoms with E-state index < -0.39 is 5.41 Å². The largest absolute Gasteiger partial charge is 0.296 e. The second-order valence-electron chi connectivity index (χ2n) is 12.4. The molecular formula is C44H34N2. The number of hydrogen-bond acceptors (Lipinski definition) is 1. The average molecular weight is 598 g/mol. The van der Waals surface area contributed by atoms with Gasteiger partial charge in [0.25, 0.3) is 0 Å². The van der Waals surface area contributed by atoms with Gasteiger partial charge in [-0.25, -0.2) is 4.98 Å². The lowest BCUT2D eigenvalue weighted by molar-refractivity contribution is 0.660. The summed E-state index contributed by atoms with van der Waals surface area (Å²) in [5, 5.41) is 3.54. The molecule has 0 spiro atoms. The zero-order valence-corrected chi connectivity index (χ0v) is 25.8. The minimum Gasteiger partial charge on any atom is -0.296 e. The summed E-state index contributed by atoms with van der Waals surface area (Å²) >= 11 is 0. The maximum absolute atomic E-state index is 9.87. The lowest BCUT2D eigenvalue weighted by Crippen LogP contribution is -2.14. The molecule has 1 aliphatic rings. The first-order valence-corrected chi connectivity index (χ1v) is 15.7. The first kappa shape index (κ1) is 20.5. The summed E-state index contributed by atoms with van der Waals surface area (Å²) in [6.07, 6.45) is 0.742. The van der Waals surface area contributed by atoms with Crippen LogP contribution in [-0.4, -0.2) is 9.55 Å². The zero-order valence-electron chi connectivity index (χ0n) is 32.8. The molecule has 0 fully saturated rings. The molecule has 0 amide bonds. The van der Waals surface area contributed by atoms with E-state index in [-0.39, 0.29) is 53.4 Å². The van der Waals surface area contributed by atoms with E-state index in [4.69, 9.17) is 10.5 Å². The second kappa shape index (κ2) is 10.0. The van der Waals surface area contributed by atoms with Crippen LogP contribution < -0.4 is 0 Å². The third-order valence-electron chi connectivity index (χ3n) is 9.54. The number of imidazole rings is 1. The second-order valence-corrected chi connectivity index (χ2v) is 12.4. The van der Waals surface area contributed by atoms with Gasteiger partial charge >= 0.3 is 0 Å². The van der Waals surface area contributed by atoms with Crippen LogP contribution in [0.25, 0.3) is 71.6 Å². The Morgan fingerprint density at radius 1 is 0.630 bits per heavy atom. The highest BCUT2D eigenvalue weighted by molar-refractivity contribution is 6.22. The average Bonchev–Trinajstić information content (AvgIpc) is 3.67. The maximum Gasteiger partial charge on any atom is 0.114 e. The molecule has 2 heteroatoms. The van der Waals surface area contributed by atoms with Gasteiger partial charge in [0.1, 0.15) is 5.82 Å². The molecule has 8 aromatic rings. The summed E-state index contributed by atoms with van der Waals surface area (Å²) in [7, 11) is 0. The fraction of sp³-hybridized carbons (Fsp3) is 0.114. The molecule has 0 radical (unpaired) electrons. The summed E-state index contributed by atoms with van der Waals surface area (Å²) in [5.41, 5.74) is 6.19. The van der Waals surface area contributed by atoms with Gasteiger partial charge in [0.05, 0.1) is 26.3 Å². The van der Waals surface area contributed by atoms with Gasteiger partial charge in [0.15, 0.2) is 0 Å². The van der Waals surface area contributed by atoms with Crippen molar-refractivity contribution in [2.24, 2.45) is 0 Å². The predicted molar refractivity (Wildman–Crippen MR) is 194 cm³/mol. The molecule has 0 unspecified atom stereocenters. The minimum atomic E-state index is -1.02. The normalized spacial score (nSPS) is 15.5. The van der Waals surface area contributed by atoms with E-state index in [9.17, 15) is 4.11 Å². The van der Waals surface area contributed by atoms with Crippen LogP contribution in [0, 0.1) is 0 Å². The molecular weight excluding hydrogens is 556 g/mol. The molecule has 0 aliphatic heterocycles. The number of fused-ring (bicyclic) bond motifs is 6. The summed E-state index contributed by atoms with van der Waals surface area (Å²) in [5.74, 6) is 0.952. The van der Waals surface area contributed by atoms with Crippen LogP contribution in [0.2, 0.25) is 0 Å². The lowest BCUT2D eigenvalue weighted by Gasteiger charge is -2.23. The van der Waals surface area contributed by atoms with E-state index in [1.807, 2.05) is 80.6 Å². The van der Waals surface area contributed by atoms with Gasteiger partial charge in [-0.15, -0.1) is 0 Å². The molecule has 0 saturated carbocycles. The Morgan fingerprint density at radius 2 is 1.24 bits per heavy atom. The summed E-state index contributed by atoms with van der Waals surface area (Å²) in [6, 6.07) is 31.2. The molecule has 220 valence electrons. The van der Waals surface area contributed by atoms with Gasteiger partial charge in [-0.1, -0.05) is 136 Å². The van der Waals surface area contributed by atoms with E-state index in [2.05, 4.69) is 41.8 Å². The number of nitrogens with zero attached hydrogens (tertiary/aromatic N) is 2. The van der Waals surface area contributed by atoms with Crippen molar-refractivity contribution >= 4 is 32.6 Å². The highest BCUT2D eigenvalue weighted by Crippen LogP contribution is 2.51. The Bertz CT molecular complexity index is 2830. The molecule has 2 nitrogen and oxygen atoms in total. The molecule has 9 rings (SSSR count). The molecule has 0 atom stereocenters. The van der Waals surface area contributed by atoms with Crippen molar-refractivity contribution < 1.29 is 9.60 Å². The summed E-state index contributed by atoms with van der Waals surface area (Å²) in [4.78, 5) is 4.98. The van der Waals surface area contributed by atoms with E-state index >= 15 is 0 Å². The van der Waals surface area contributed by atoms with Gasteiger partial charge in [-0.05, 0) is 84.7 Å². The van der Waals surface area contributed by atoms with Gasteiger partial charge in [0, 0.05) is 17.4 Å². The number of para-hydroxylation sites is 3. The van der Waals surface area contributed by atoms with Crippen molar-refractivity contribution in [3.63, 3.8) is 0 Å². The SMILES string of the molecule is [2H]c1c([2H])c([2H])c2c(c1[2H])-c1c([2H])c([2H])c(-c3c4ccccc4c(-c4ccccc4-n4c(CC)nc5ccccc54)c4ccccc34)c([2H])c1C2(C)C. The molecule has 0 saturated heterocycles. The Labute approximate surface area is 279 Å². The topological polar surface area (TPSA) is 17.8 Å². The van der Waals surface area contributed by atoms with Crippen LogP contribution in [0.1, 0.15) is 47.3 Å². The van der Waals surface area contributed by atoms with Gasteiger partial charge in [-0.3, -0.25) is 4.57 Å². The first-order chi connectivity index (χ1) is 25.5. The van der Waals surface area contributed by atoms with Crippen LogP contribution in [0.4, 0.5) is 0 Å². The molecule has 0 N–H and O–H groups in total. The van der Waals surface area contributed by atoms with Crippen molar-refractivity contribution in [2.75, 3.05) is 0 Å². The Hall–Kier alpha value is -5.47. The smallest absolute Gasteiger partial charge is 0.114 e. The Kier molecular flexibility index (Phi) is 4.47. The number of benzene rings is 7. The molecule has 1 aliphatic carbocycles. The van der Waals surface area contributed by atoms with Gasteiger partial charge in [-0.2, -0.15) is 0 Å². The van der Waals surface area contributed by atoms with Crippen LogP contribution >= 0.6 is 0 Å². The van der Waals surface area contributed by atoms with Crippen LogP contribution in [0.3, 0.4) is 0 Å². The van der Waals surface area contributed by atoms with Crippen molar-refractivity contribution in [1.82, 2.24) is 9.55 Å².